The highest BCUT2D eigenvalue weighted by atomic mass is 32.2. The Balaban J connectivity index is 1.76. The minimum absolute atomic E-state index is 0.111. The number of H-pyrrole nitrogens is 1. The highest BCUT2D eigenvalue weighted by Gasteiger charge is 2.34. The van der Waals surface area contributed by atoms with Crippen molar-refractivity contribution in [2.45, 2.75) is 23.8 Å². The van der Waals surface area contributed by atoms with E-state index < -0.39 is 22.0 Å². The molecule has 0 saturated carbocycles. The predicted octanol–water partition coefficient (Wildman–Crippen LogP) is 3.26. The van der Waals surface area contributed by atoms with Crippen LogP contribution < -0.4 is 4.72 Å². The number of aromatic amines is 1. The number of carbonyl (C=O) groups excluding carboxylic acids is 1. The summed E-state index contributed by atoms with van der Waals surface area (Å²) in [4.78, 5) is 14.7. The first-order chi connectivity index (χ1) is 12.9. The maximum atomic E-state index is 13.4. The number of aromatic nitrogens is 1. The van der Waals surface area contributed by atoms with Gasteiger partial charge in [0.25, 0.3) is 0 Å². The molecule has 140 valence electrons. The van der Waals surface area contributed by atoms with Crippen LogP contribution in [0.3, 0.4) is 0 Å². The number of benzene rings is 2. The third-order valence-corrected chi connectivity index (χ3v) is 6.34. The Labute approximate surface area is 155 Å². The fraction of sp³-hybridized carbons (Fsp3) is 0.211. The number of carbonyl (C=O) groups is 1. The standard InChI is InChI=1S/C19H17FN2O4S/c1-26-19(23)7-5-16-14-8-11(2-6-18(14)27(24,25)22-16)15-10-21-17-9-12(20)3-4-13(15)17/h2-4,6,8-10,16,21-22H,5,7H2,1H3. The second-order valence-electron chi connectivity index (χ2n) is 6.43. The molecule has 6 nitrogen and oxygen atoms in total. The number of methoxy groups -OCH3 is 1. The molecule has 8 heteroatoms. The van der Waals surface area contributed by atoms with Gasteiger partial charge in [-0.25, -0.2) is 17.5 Å². The zero-order chi connectivity index (χ0) is 19.2. The molecule has 1 aromatic heterocycles. The van der Waals surface area contributed by atoms with Gasteiger partial charge in [-0.15, -0.1) is 0 Å². The van der Waals surface area contributed by atoms with Crippen molar-refractivity contribution in [1.29, 1.82) is 0 Å². The zero-order valence-corrected chi connectivity index (χ0v) is 15.3. The fourth-order valence-corrected chi connectivity index (χ4v) is 4.97. The molecule has 2 aromatic carbocycles. The van der Waals surface area contributed by atoms with Crippen LogP contribution in [0.2, 0.25) is 0 Å². The van der Waals surface area contributed by atoms with Gasteiger partial charge in [0.1, 0.15) is 5.82 Å². The Morgan fingerprint density at radius 3 is 2.81 bits per heavy atom. The van der Waals surface area contributed by atoms with Gasteiger partial charge in [-0.05, 0) is 47.9 Å². The van der Waals surface area contributed by atoms with E-state index in [1.54, 1.807) is 30.5 Å². The minimum Gasteiger partial charge on any atom is -0.469 e. The number of hydrogen-bond acceptors (Lipinski definition) is 4. The first-order valence-corrected chi connectivity index (χ1v) is 9.87. The zero-order valence-electron chi connectivity index (χ0n) is 14.5. The van der Waals surface area contributed by atoms with Crippen molar-refractivity contribution in [3.8, 4) is 11.1 Å². The quantitative estimate of drug-likeness (QED) is 0.672. The molecule has 4 rings (SSSR count). The molecule has 0 radical (unpaired) electrons. The van der Waals surface area contributed by atoms with Gasteiger partial charge in [0.2, 0.25) is 10.0 Å². The number of halogens is 1. The van der Waals surface area contributed by atoms with Crippen LogP contribution >= 0.6 is 0 Å². The van der Waals surface area contributed by atoms with Crippen LogP contribution in [-0.4, -0.2) is 26.5 Å². The number of ether oxygens (including phenoxy) is 1. The number of nitrogens with one attached hydrogen (secondary N) is 2. The molecule has 1 atom stereocenters. The fourth-order valence-electron chi connectivity index (χ4n) is 3.46. The summed E-state index contributed by atoms with van der Waals surface area (Å²) in [6.07, 6.45) is 2.19. The molecule has 1 aliphatic rings. The number of sulfonamides is 1. The molecular weight excluding hydrogens is 371 g/mol. The molecule has 0 saturated heterocycles. The molecular formula is C19H17FN2O4S. The number of esters is 1. The van der Waals surface area contributed by atoms with Crippen LogP contribution in [-0.2, 0) is 19.6 Å². The highest BCUT2D eigenvalue weighted by molar-refractivity contribution is 7.89. The smallest absolute Gasteiger partial charge is 0.305 e. The largest absolute Gasteiger partial charge is 0.469 e. The van der Waals surface area contributed by atoms with Crippen molar-refractivity contribution < 1.29 is 22.3 Å². The lowest BCUT2D eigenvalue weighted by Crippen LogP contribution is -2.20. The SMILES string of the molecule is COC(=O)CCC1NS(=O)(=O)c2ccc(-c3c[nH]c4cc(F)ccc34)cc21. The van der Waals surface area contributed by atoms with Gasteiger partial charge < -0.3 is 9.72 Å². The van der Waals surface area contributed by atoms with Gasteiger partial charge in [0.15, 0.2) is 0 Å². The van der Waals surface area contributed by atoms with Crippen molar-refractivity contribution in [2.75, 3.05) is 7.11 Å². The molecule has 0 aliphatic carbocycles. The van der Waals surface area contributed by atoms with Gasteiger partial charge in [-0.2, -0.15) is 0 Å². The van der Waals surface area contributed by atoms with Gasteiger partial charge in [0, 0.05) is 35.1 Å². The molecule has 0 spiro atoms. The third-order valence-electron chi connectivity index (χ3n) is 4.79. The molecule has 2 N–H and O–H groups in total. The van der Waals surface area contributed by atoms with E-state index in [1.165, 1.54) is 19.2 Å². The second-order valence-corrected chi connectivity index (χ2v) is 8.12. The molecule has 0 amide bonds. The van der Waals surface area contributed by atoms with Crippen LogP contribution in [0.15, 0.2) is 47.5 Å². The molecule has 0 fully saturated rings. The van der Waals surface area contributed by atoms with Gasteiger partial charge >= 0.3 is 5.97 Å². The van der Waals surface area contributed by atoms with Crippen LogP contribution in [0, 0.1) is 5.82 Å². The Bertz CT molecular complexity index is 1150. The topological polar surface area (TPSA) is 88.3 Å². The van der Waals surface area contributed by atoms with E-state index in [2.05, 4.69) is 14.4 Å². The Hall–Kier alpha value is -2.71. The number of rotatable bonds is 4. The molecule has 27 heavy (non-hydrogen) atoms. The lowest BCUT2D eigenvalue weighted by atomic mass is 9.97. The summed E-state index contributed by atoms with van der Waals surface area (Å²) in [5.74, 6) is -0.722. The maximum absolute atomic E-state index is 13.4. The van der Waals surface area contributed by atoms with E-state index in [1.807, 2.05) is 0 Å². The first-order valence-electron chi connectivity index (χ1n) is 8.39. The summed E-state index contributed by atoms with van der Waals surface area (Å²) < 4.78 is 45.4. The van der Waals surface area contributed by atoms with Crippen molar-refractivity contribution in [1.82, 2.24) is 9.71 Å². The lowest BCUT2D eigenvalue weighted by Gasteiger charge is -2.10. The van der Waals surface area contributed by atoms with Crippen molar-refractivity contribution >= 4 is 26.9 Å². The van der Waals surface area contributed by atoms with Crippen LogP contribution in [0.4, 0.5) is 4.39 Å². The average Bonchev–Trinajstić information content (AvgIpc) is 3.17. The van der Waals surface area contributed by atoms with Crippen LogP contribution in [0.1, 0.15) is 24.4 Å². The summed E-state index contributed by atoms with van der Waals surface area (Å²) in [5, 5.41) is 0.844. The molecule has 1 unspecified atom stereocenters. The Kier molecular flexibility index (Phi) is 4.24. The van der Waals surface area contributed by atoms with E-state index in [0.29, 0.717) is 17.5 Å². The highest BCUT2D eigenvalue weighted by Crippen LogP contribution is 2.38. The molecule has 1 aliphatic heterocycles. The van der Waals surface area contributed by atoms with Gasteiger partial charge in [-0.3, -0.25) is 4.79 Å². The summed E-state index contributed by atoms with van der Waals surface area (Å²) in [5.41, 5.74) is 2.95. The van der Waals surface area contributed by atoms with Crippen molar-refractivity contribution in [2.24, 2.45) is 0 Å². The first kappa shape index (κ1) is 17.7. The van der Waals surface area contributed by atoms with Crippen molar-refractivity contribution in [3.05, 3.63) is 54.0 Å². The average molecular weight is 388 g/mol. The Morgan fingerprint density at radius 2 is 2.04 bits per heavy atom. The monoisotopic (exact) mass is 388 g/mol. The van der Waals surface area contributed by atoms with Crippen LogP contribution in [0.5, 0.6) is 0 Å². The van der Waals surface area contributed by atoms with Crippen LogP contribution in [0.25, 0.3) is 22.0 Å². The van der Waals surface area contributed by atoms with E-state index in [-0.39, 0.29) is 17.1 Å². The maximum Gasteiger partial charge on any atom is 0.305 e. The van der Waals surface area contributed by atoms with Gasteiger partial charge in [-0.1, -0.05) is 6.07 Å². The Morgan fingerprint density at radius 1 is 1.22 bits per heavy atom. The lowest BCUT2D eigenvalue weighted by molar-refractivity contribution is -0.140. The van der Waals surface area contributed by atoms with E-state index in [0.717, 1.165) is 16.5 Å². The molecule has 3 aromatic rings. The van der Waals surface area contributed by atoms with E-state index in [4.69, 9.17) is 0 Å². The predicted molar refractivity (Wildman–Crippen MR) is 98.0 cm³/mol. The van der Waals surface area contributed by atoms with Gasteiger partial charge in [0.05, 0.1) is 12.0 Å². The summed E-state index contributed by atoms with van der Waals surface area (Å²) >= 11 is 0. The molecule has 0 bridgehead atoms. The van der Waals surface area contributed by atoms with E-state index in [9.17, 15) is 17.6 Å². The number of fused-ring (bicyclic) bond motifs is 2. The second kappa shape index (κ2) is 6.47. The van der Waals surface area contributed by atoms with Crippen molar-refractivity contribution in [3.63, 3.8) is 0 Å². The minimum atomic E-state index is -3.60. The number of hydrogen-bond donors (Lipinski definition) is 2. The third kappa shape index (κ3) is 3.11. The van der Waals surface area contributed by atoms with E-state index >= 15 is 0 Å². The summed E-state index contributed by atoms with van der Waals surface area (Å²) in [6.45, 7) is 0. The summed E-state index contributed by atoms with van der Waals surface area (Å²) in [7, 11) is -2.30. The molecule has 2 heterocycles. The summed E-state index contributed by atoms with van der Waals surface area (Å²) in [6, 6.07) is 9.09. The normalized spacial score (nSPS) is 17.8.